The third-order valence-electron chi connectivity index (χ3n) is 9.22. The predicted octanol–water partition coefficient (Wildman–Crippen LogP) is 5.16. The number of rotatable bonds is 8. The van der Waals surface area contributed by atoms with Crippen molar-refractivity contribution in [3.8, 4) is 5.75 Å². The van der Waals surface area contributed by atoms with Gasteiger partial charge in [-0.1, -0.05) is 38.2 Å². The van der Waals surface area contributed by atoms with Gasteiger partial charge >= 0.3 is 23.9 Å². The van der Waals surface area contributed by atoms with Crippen LogP contribution in [0.1, 0.15) is 71.2 Å². The highest BCUT2D eigenvalue weighted by atomic mass is 16.8. The second-order valence-electron chi connectivity index (χ2n) is 11.9. The third kappa shape index (κ3) is 6.11. The van der Waals surface area contributed by atoms with Crippen molar-refractivity contribution in [3.05, 3.63) is 65.8 Å². The van der Waals surface area contributed by atoms with Crippen molar-refractivity contribution in [2.45, 2.75) is 85.6 Å². The molecule has 3 aliphatic rings. The summed E-state index contributed by atoms with van der Waals surface area (Å²) >= 11 is 0. The van der Waals surface area contributed by atoms with Crippen molar-refractivity contribution < 1.29 is 48.0 Å². The minimum Gasteiger partial charge on any atom is -0.508 e. The molecular weight excluding hydrogens is 556 g/mol. The molecule has 1 aliphatic heterocycles. The van der Waals surface area contributed by atoms with Crippen LogP contribution in [-0.4, -0.2) is 53.8 Å². The number of carbonyl (C=O) groups excluding carboxylic acids is 4. The minimum atomic E-state index is -1.29. The summed E-state index contributed by atoms with van der Waals surface area (Å²) < 4.78 is 29.6. The number of allylic oxidation sites excluding steroid dienone is 3. The number of phenolic OH excluding ortho intramolecular Hbond substituents is 1. The van der Waals surface area contributed by atoms with E-state index in [1.165, 1.54) is 45.0 Å². The molecule has 43 heavy (non-hydrogen) atoms. The van der Waals surface area contributed by atoms with Crippen molar-refractivity contribution >= 4 is 23.9 Å². The normalized spacial score (nSPS) is 33.3. The zero-order valence-electron chi connectivity index (χ0n) is 25.5. The van der Waals surface area contributed by atoms with Gasteiger partial charge < -0.3 is 24.1 Å². The van der Waals surface area contributed by atoms with Crippen molar-refractivity contribution in [2.75, 3.05) is 0 Å². The summed E-state index contributed by atoms with van der Waals surface area (Å²) in [5.41, 5.74) is -0.191. The number of hydrogen-bond donors (Lipinski definition) is 1. The maximum absolute atomic E-state index is 13.6. The fourth-order valence-electron chi connectivity index (χ4n) is 6.99. The van der Waals surface area contributed by atoms with Gasteiger partial charge in [-0.15, -0.1) is 0 Å². The summed E-state index contributed by atoms with van der Waals surface area (Å²) in [6.07, 6.45) is 2.64. The van der Waals surface area contributed by atoms with Gasteiger partial charge in [0, 0.05) is 26.3 Å². The van der Waals surface area contributed by atoms with Gasteiger partial charge in [-0.25, -0.2) is 4.79 Å². The summed E-state index contributed by atoms with van der Waals surface area (Å²) in [6.45, 7) is 13.8. The fraction of sp³-hybridized carbons (Fsp3) is 0.515. The molecule has 0 aromatic heterocycles. The number of phenols is 1. The smallest absolute Gasteiger partial charge is 0.338 e. The van der Waals surface area contributed by atoms with E-state index in [0.29, 0.717) is 24.8 Å². The molecule has 0 amide bonds. The van der Waals surface area contributed by atoms with Crippen molar-refractivity contribution in [1.82, 2.24) is 0 Å². The highest BCUT2D eigenvalue weighted by Crippen LogP contribution is 2.68. The van der Waals surface area contributed by atoms with Gasteiger partial charge in [-0.3, -0.25) is 19.1 Å². The van der Waals surface area contributed by atoms with E-state index in [-0.39, 0.29) is 17.2 Å². The lowest BCUT2D eigenvalue weighted by Gasteiger charge is -2.60. The van der Waals surface area contributed by atoms with Crippen molar-refractivity contribution in [1.29, 1.82) is 0 Å². The second-order valence-corrected chi connectivity index (χ2v) is 11.9. The quantitative estimate of drug-likeness (QED) is 0.186. The minimum absolute atomic E-state index is 0.00233. The molecular formula is C33H40O10. The molecule has 4 rings (SSSR count). The van der Waals surface area contributed by atoms with Crippen LogP contribution in [0, 0.1) is 22.7 Å². The number of esters is 4. The van der Waals surface area contributed by atoms with E-state index in [2.05, 4.69) is 26.5 Å². The fourth-order valence-corrected chi connectivity index (χ4v) is 6.99. The zero-order chi connectivity index (χ0) is 31.7. The zero-order valence-corrected chi connectivity index (χ0v) is 25.5. The highest BCUT2D eigenvalue weighted by molar-refractivity contribution is 5.89. The van der Waals surface area contributed by atoms with Gasteiger partial charge in [-0.05, 0) is 73.8 Å². The number of aromatic hydroxyl groups is 1. The third-order valence-corrected chi connectivity index (χ3v) is 9.22. The summed E-state index contributed by atoms with van der Waals surface area (Å²) in [7, 11) is 0. The Morgan fingerprint density at radius 1 is 0.977 bits per heavy atom. The number of ether oxygens (including phenoxy) is 5. The Balaban J connectivity index is 1.95. The topological polar surface area (TPSA) is 135 Å². The van der Waals surface area contributed by atoms with Crippen LogP contribution in [-0.2, 0) is 38.1 Å². The summed E-state index contributed by atoms with van der Waals surface area (Å²) in [5, 5.41) is 9.73. The van der Waals surface area contributed by atoms with Gasteiger partial charge in [0.1, 0.15) is 23.4 Å². The first-order chi connectivity index (χ1) is 20.2. The summed E-state index contributed by atoms with van der Waals surface area (Å²) in [6, 6.07) is 5.69. The van der Waals surface area contributed by atoms with E-state index in [9.17, 15) is 24.3 Å². The van der Waals surface area contributed by atoms with Gasteiger partial charge in [-0.2, -0.15) is 0 Å². The SMILES string of the molecule is C=C/C(C)=C/C[C@]1(C)[C@H]2C[C@@H](OC(C)=O)C=C3[C@H](OC(C)=O)O[C@@H](OC(C)=O)[C@@]32[C@H](OC(=O)c2ccc(O)cc2)C[C@@H]1C. The van der Waals surface area contributed by atoms with Crippen LogP contribution in [0.2, 0.25) is 0 Å². The van der Waals surface area contributed by atoms with Crippen LogP contribution < -0.4 is 0 Å². The molecule has 1 heterocycles. The lowest BCUT2D eigenvalue weighted by Crippen LogP contribution is -2.64. The molecule has 2 fully saturated rings. The van der Waals surface area contributed by atoms with Crippen LogP contribution in [0.25, 0.3) is 0 Å². The van der Waals surface area contributed by atoms with E-state index in [0.717, 1.165) is 5.57 Å². The second kappa shape index (κ2) is 12.4. The lowest BCUT2D eigenvalue weighted by molar-refractivity contribution is -0.253. The van der Waals surface area contributed by atoms with Gasteiger partial charge in [0.25, 0.3) is 0 Å². The Labute approximate surface area is 251 Å². The Morgan fingerprint density at radius 3 is 2.19 bits per heavy atom. The molecule has 1 aromatic carbocycles. The molecule has 0 bridgehead atoms. The first-order valence-electron chi connectivity index (χ1n) is 14.4. The van der Waals surface area contributed by atoms with E-state index in [1.807, 2.05) is 6.92 Å². The molecule has 2 aliphatic carbocycles. The van der Waals surface area contributed by atoms with Gasteiger partial charge in [0.15, 0.2) is 0 Å². The molecule has 8 atom stereocenters. The van der Waals surface area contributed by atoms with Crippen LogP contribution in [0.4, 0.5) is 0 Å². The molecule has 1 N–H and O–H groups in total. The maximum Gasteiger partial charge on any atom is 0.338 e. The number of hydrogen-bond acceptors (Lipinski definition) is 10. The van der Waals surface area contributed by atoms with Crippen LogP contribution in [0.5, 0.6) is 5.75 Å². The lowest BCUT2D eigenvalue weighted by atomic mass is 9.45. The Morgan fingerprint density at radius 2 is 1.60 bits per heavy atom. The Hall–Kier alpha value is -3.92. The first-order valence-corrected chi connectivity index (χ1v) is 14.4. The van der Waals surface area contributed by atoms with Crippen LogP contribution in [0.15, 0.2) is 60.2 Å². The summed E-state index contributed by atoms with van der Waals surface area (Å²) in [5.74, 6) is -2.88. The van der Waals surface area contributed by atoms with Gasteiger partial charge in [0.2, 0.25) is 12.6 Å². The molecule has 0 unspecified atom stereocenters. The van der Waals surface area contributed by atoms with E-state index >= 15 is 0 Å². The van der Waals surface area contributed by atoms with Crippen molar-refractivity contribution in [2.24, 2.45) is 22.7 Å². The summed E-state index contributed by atoms with van der Waals surface area (Å²) in [4.78, 5) is 50.4. The van der Waals surface area contributed by atoms with E-state index in [1.54, 1.807) is 12.2 Å². The number of carbonyl (C=O) groups is 4. The molecule has 1 spiro atoms. The molecule has 10 heteroatoms. The monoisotopic (exact) mass is 596 g/mol. The van der Waals surface area contributed by atoms with E-state index in [4.69, 9.17) is 23.7 Å². The molecule has 10 nitrogen and oxygen atoms in total. The molecule has 1 aromatic rings. The van der Waals surface area contributed by atoms with E-state index < -0.39 is 65.4 Å². The number of benzene rings is 1. The van der Waals surface area contributed by atoms with Crippen molar-refractivity contribution in [3.63, 3.8) is 0 Å². The van der Waals surface area contributed by atoms with Gasteiger partial charge in [0.05, 0.1) is 5.56 Å². The highest BCUT2D eigenvalue weighted by Gasteiger charge is 2.72. The van der Waals surface area contributed by atoms with Crippen LogP contribution >= 0.6 is 0 Å². The average Bonchev–Trinajstić information content (AvgIpc) is 3.21. The molecule has 1 saturated heterocycles. The molecule has 1 saturated carbocycles. The average molecular weight is 597 g/mol. The largest absolute Gasteiger partial charge is 0.508 e. The standard InChI is InChI=1S/C33H40O10/c1-8-18(2)13-14-32(7)19(3)15-28(42-29(38)23-9-11-24(37)12-10-23)33-26(16-25(17-27(32)33)39-20(4)34)30(40-21(5)35)43-31(33)41-22(6)36/h8-13,16,19,25,27-28,30-31,37H,1,14-15,17H2,2-7H3/b18-13+/t19-,25-,27+,28+,30+,31+,32-,33-/m0/s1. The molecule has 0 radical (unpaired) electrons. The Bertz CT molecular complexity index is 1340. The van der Waals surface area contributed by atoms with Crippen LogP contribution in [0.3, 0.4) is 0 Å². The first kappa shape index (κ1) is 32.0. The Kier molecular flexibility index (Phi) is 9.20. The maximum atomic E-state index is 13.6. The predicted molar refractivity (Wildman–Crippen MR) is 154 cm³/mol. The molecule has 232 valence electrons.